The van der Waals surface area contributed by atoms with Crippen LogP contribution in [0.1, 0.15) is 4.88 Å². The normalized spacial score (nSPS) is 10.7. The predicted molar refractivity (Wildman–Crippen MR) is 79.7 cm³/mol. The standard InChI is InChI=1S/C13H10N4O3S/c1-7-5-10-11(15-13(14)16-12(10)21-7)20-9-4-2-3-8(6-9)17(18)19/h2-6H,1H3,(H2,14,15,16). The Kier molecular flexibility index (Phi) is 3.15. The van der Waals surface area contributed by atoms with Crippen LogP contribution in [0.5, 0.6) is 11.6 Å². The van der Waals surface area contributed by atoms with Crippen LogP contribution in [0.3, 0.4) is 0 Å². The number of aromatic nitrogens is 2. The molecule has 0 saturated heterocycles. The molecule has 0 fully saturated rings. The number of hydrogen-bond donors (Lipinski definition) is 1. The predicted octanol–water partition coefficient (Wildman–Crippen LogP) is 3.28. The summed E-state index contributed by atoms with van der Waals surface area (Å²) < 4.78 is 5.65. The third kappa shape index (κ3) is 2.61. The quantitative estimate of drug-likeness (QED) is 0.588. The molecule has 8 heteroatoms. The van der Waals surface area contributed by atoms with Crippen molar-refractivity contribution in [2.24, 2.45) is 0 Å². The Morgan fingerprint density at radius 1 is 1.33 bits per heavy atom. The lowest BCUT2D eigenvalue weighted by atomic mass is 10.3. The van der Waals surface area contributed by atoms with Crippen LogP contribution in [0.25, 0.3) is 10.2 Å². The molecule has 21 heavy (non-hydrogen) atoms. The molecule has 0 radical (unpaired) electrons. The summed E-state index contributed by atoms with van der Waals surface area (Å²) in [6.07, 6.45) is 0. The highest BCUT2D eigenvalue weighted by molar-refractivity contribution is 7.18. The highest BCUT2D eigenvalue weighted by Crippen LogP contribution is 2.33. The van der Waals surface area contributed by atoms with Crippen molar-refractivity contribution in [2.45, 2.75) is 6.92 Å². The first kappa shape index (κ1) is 13.3. The van der Waals surface area contributed by atoms with E-state index < -0.39 is 4.92 Å². The van der Waals surface area contributed by atoms with Crippen molar-refractivity contribution < 1.29 is 9.66 Å². The Labute approximate surface area is 123 Å². The van der Waals surface area contributed by atoms with E-state index in [1.807, 2.05) is 13.0 Å². The molecule has 0 spiro atoms. The Balaban J connectivity index is 2.05. The SMILES string of the molecule is Cc1cc2c(Oc3cccc([N+](=O)[O-])c3)nc(N)nc2s1. The first-order chi connectivity index (χ1) is 10.0. The summed E-state index contributed by atoms with van der Waals surface area (Å²) >= 11 is 1.48. The number of ether oxygens (including phenoxy) is 1. The van der Waals surface area contributed by atoms with Gasteiger partial charge in [0, 0.05) is 10.9 Å². The summed E-state index contributed by atoms with van der Waals surface area (Å²) in [6.45, 7) is 1.94. The van der Waals surface area contributed by atoms with Gasteiger partial charge in [-0.15, -0.1) is 11.3 Å². The Bertz CT molecular complexity index is 847. The number of fused-ring (bicyclic) bond motifs is 1. The zero-order valence-corrected chi connectivity index (χ0v) is 11.8. The molecule has 0 unspecified atom stereocenters. The summed E-state index contributed by atoms with van der Waals surface area (Å²) in [4.78, 5) is 20.3. The summed E-state index contributed by atoms with van der Waals surface area (Å²) in [5.74, 6) is 0.722. The van der Waals surface area contributed by atoms with E-state index in [2.05, 4.69) is 9.97 Å². The van der Waals surface area contributed by atoms with Crippen LogP contribution >= 0.6 is 11.3 Å². The average molecular weight is 302 g/mol. The van der Waals surface area contributed by atoms with Gasteiger partial charge in [0.25, 0.3) is 5.69 Å². The maximum Gasteiger partial charge on any atom is 0.273 e. The fourth-order valence-electron chi connectivity index (χ4n) is 1.88. The highest BCUT2D eigenvalue weighted by Gasteiger charge is 2.13. The molecule has 2 N–H and O–H groups in total. The van der Waals surface area contributed by atoms with Crippen LogP contribution < -0.4 is 10.5 Å². The molecular formula is C13H10N4O3S. The van der Waals surface area contributed by atoms with Gasteiger partial charge in [0.2, 0.25) is 11.8 Å². The Morgan fingerprint density at radius 2 is 2.14 bits per heavy atom. The molecule has 0 atom stereocenters. The second-order valence-electron chi connectivity index (χ2n) is 4.32. The second-order valence-corrected chi connectivity index (χ2v) is 5.55. The molecule has 3 aromatic rings. The molecule has 0 saturated carbocycles. The minimum Gasteiger partial charge on any atom is -0.438 e. The molecule has 2 heterocycles. The number of aryl methyl sites for hydroxylation is 1. The summed E-state index contributed by atoms with van der Waals surface area (Å²) in [6, 6.07) is 7.80. The zero-order chi connectivity index (χ0) is 15.0. The lowest BCUT2D eigenvalue weighted by molar-refractivity contribution is -0.384. The number of thiophene rings is 1. The maximum atomic E-state index is 10.8. The molecule has 3 rings (SSSR count). The third-order valence-electron chi connectivity index (χ3n) is 2.74. The topological polar surface area (TPSA) is 104 Å². The molecule has 0 aliphatic carbocycles. The second kappa shape index (κ2) is 4.98. The largest absolute Gasteiger partial charge is 0.438 e. The van der Waals surface area contributed by atoms with E-state index in [0.29, 0.717) is 11.6 Å². The number of benzene rings is 1. The number of nitrogens with two attached hydrogens (primary N) is 1. The fourth-order valence-corrected chi connectivity index (χ4v) is 2.76. The number of nitro groups is 1. The van der Waals surface area contributed by atoms with Gasteiger partial charge in [0.15, 0.2) is 0 Å². The van der Waals surface area contributed by atoms with Crippen LogP contribution in [-0.2, 0) is 0 Å². The van der Waals surface area contributed by atoms with Gasteiger partial charge >= 0.3 is 0 Å². The summed E-state index contributed by atoms with van der Waals surface area (Å²) in [5, 5.41) is 11.5. The van der Waals surface area contributed by atoms with E-state index in [1.54, 1.807) is 12.1 Å². The fraction of sp³-hybridized carbons (Fsp3) is 0.0769. The highest BCUT2D eigenvalue weighted by atomic mass is 32.1. The molecule has 7 nitrogen and oxygen atoms in total. The first-order valence-electron chi connectivity index (χ1n) is 5.99. The first-order valence-corrected chi connectivity index (χ1v) is 6.80. The molecule has 0 bridgehead atoms. The molecular weight excluding hydrogens is 292 g/mol. The lowest BCUT2D eigenvalue weighted by Crippen LogP contribution is -1.97. The van der Waals surface area contributed by atoms with Crippen LogP contribution in [0.15, 0.2) is 30.3 Å². The zero-order valence-electron chi connectivity index (χ0n) is 10.9. The van der Waals surface area contributed by atoms with Crippen LogP contribution in [-0.4, -0.2) is 14.9 Å². The van der Waals surface area contributed by atoms with E-state index in [0.717, 1.165) is 15.1 Å². The molecule has 0 aliphatic rings. The third-order valence-corrected chi connectivity index (χ3v) is 3.69. The van der Waals surface area contributed by atoms with Crippen molar-refractivity contribution in [3.8, 4) is 11.6 Å². The molecule has 106 valence electrons. The number of anilines is 1. The number of rotatable bonds is 3. The van der Waals surface area contributed by atoms with Crippen LogP contribution in [0.4, 0.5) is 11.6 Å². The Morgan fingerprint density at radius 3 is 2.90 bits per heavy atom. The van der Waals surface area contributed by atoms with Gasteiger partial charge in [-0.2, -0.15) is 4.98 Å². The van der Waals surface area contributed by atoms with Gasteiger partial charge in [0.1, 0.15) is 10.6 Å². The van der Waals surface area contributed by atoms with Crippen molar-refractivity contribution in [2.75, 3.05) is 5.73 Å². The van der Waals surface area contributed by atoms with Crippen molar-refractivity contribution in [1.82, 2.24) is 9.97 Å². The van der Waals surface area contributed by atoms with E-state index in [9.17, 15) is 10.1 Å². The van der Waals surface area contributed by atoms with Gasteiger partial charge in [-0.1, -0.05) is 6.07 Å². The van der Waals surface area contributed by atoms with E-state index in [1.165, 1.54) is 23.5 Å². The van der Waals surface area contributed by atoms with Gasteiger partial charge in [-0.3, -0.25) is 10.1 Å². The Hall–Kier alpha value is -2.74. The lowest BCUT2D eigenvalue weighted by Gasteiger charge is -2.06. The van der Waals surface area contributed by atoms with Gasteiger partial charge < -0.3 is 10.5 Å². The molecule has 0 aliphatic heterocycles. The van der Waals surface area contributed by atoms with Gasteiger partial charge in [0.05, 0.1) is 16.4 Å². The van der Waals surface area contributed by atoms with Crippen molar-refractivity contribution in [3.05, 3.63) is 45.3 Å². The maximum absolute atomic E-state index is 10.8. The average Bonchev–Trinajstić information content (AvgIpc) is 2.79. The van der Waals surface area contributed by atoms with E-state index >= 15 is 0 Å². The van der Waals surface area contributed by atoms with E-state index in [4.69, 9.17) is 10.5 Å². The smallest absolute Gasteiger partial charge is 0.273 e. The molecule has 1 aromatic carbocycles. The monoisotopic (exact) mass is 302 g/mol. The molecule has 2 aromatic heterocycles. The minimum absolute atomic E-state index is 0.0488. The van der Waals surface area contributed by atoms with Crippen molar-refractivity contribution >= 4 is 33.2 Å². The van der Waals surface area contributed by atoms with Crippen molar-refractivity contribution in [3.63, 3.8) is 0 Å². The number of hydrogen-bond acceptors (Lipinski definition) is 7. The minimum atomic E-state index is -0.481. The number of non-ortho nitro benzene ring substituents is 1. The van der Waals surface area contributed by atoms with E-state index in [-0.39, 0.29) is 11.6 Å². The van der Waals surface area contributed by atoms with Crippen molar-refractivity contribution in [1.29, 1.82) is 0 Å². The summed E-state index contributed by atoms with van der Waals surface area (Å²) in [7, 11) is 0. The van der Waals surface area contributed by atoms with Gasteiger partial charge in [-0.25, -0.2) is 4.98 Å². The number of nitrogen functional groups attached to an aromatic ring is 1. The van der Waals surface area contributed by atoms with Gasteiger partial charge in [-0.05, 0) is 19.1 Å². The molecule has 0 amide bonds. The summed E-state index contributed by atoms with van der Waals surface area (Å²) in [5.41, 5.74) is 5.61. The van der Waals surface area contributed by atoms with Crippen LogP contribution in [0.2, 0.25) is 0 Å². The van der Waals surface area contributed by atoms with Crippen LogP contribution in [0, 0.1) is 17.0 Å². The number of nitro benzene ring substituents is 1. The number of nitrogens with zero attached hydrogens (tertiary/aromatic N) is 3.